The van der Waals surface area contributed by atoms with Crippen LogP contribution in [0.1, 0.15) is 34.8 Å². The van der Waals surface area contributed by atoms with Crippen LogP contribution in [0.25, 0.3) is 11.6 Å². The van der Waals surface area contributed by atoms with Crippen molar-refractivity contribution in [3.8, 4) is 5.75 Å². The molecule has 0 fully saturated rings. The van der Waals surface area contributed by atoms with Crippen LogP contribution in [0.5, 0.6) is 5.75 Å². The highest BCUT2D eigenvalue weighted by Crippen LogP contribution is 2.22. The van der Waals surface area contributed by atoms with Crippen LogP contribution >= 0.6 is 0 Å². The quantitative estimate of drug-likeness (QED) is 0.823. The number of hydrogen-bond acceptors (Lipinski definition) is 2. The molecule has 2 N–H and O–H groups in total. The molecule has 3 nitrogen and oxygen atoms in total. The highest BCUT2D eigenvalue weighted by molar-refractivity contribution is 5.89. The van der Waals surface area contributed by atoms with Crippen LogP contribution in [-0.2, 0) is 0 Å². The molecule has 20 heavy (non-hydrogen) atoms. The van der Waals surface area contributed by atoms with Gasteiger partial charge in [-0.1, -0.05) is 37.3 Å². The molecule has 2 rings (SSSR count). The second-order valence-corrected chi connectivity index (χ2v) is 4.50. The number of carboxylic acid groups (broad SMARTS) is 1. The zero-order chi connectivity index (χ0) is 14.5. The SMILES string of the molecule is CC/C(=C\c1ccc(O)cc1)c1ccc(C(=O)O)cc1. The van der Waals surface area contributed by atoms with E-state index in [1.54, 1.807) is 24.3 Å². The smallest absolute Gasteiger partial charge is 0.335 e. The minimum Gasteiger partial charge on any atom is -0.508 e. The van der Waals surface area contributed by atoms with E-state index in [0.29, 0.717) is 0 Å². The van der Waals surface area contributed by atoms with Crippen LogP contribution in [0.15, 0.2) is 48.5 Å². The zero-order valence-electron chi connectivity index (χ0n) is 11.2. The average molecular weight is 268 g/mol. The number of phenols is 1. The first kappa shape index (κ1) is 13.9. The van der Waals surface area contributed by atoms with Gasteiger partial charge in [-0.15, -0.1) is 0 Å². The first-order chi connectivity index (χ1) is 9.60. The molecule has 0 saturated heterocycles. The standard InChI is InChI=1S/C17H16O3/c1-2-13(11-12-3-9-16(18)10-4-12)14-5-7-15(8-6-14)17(19)20/h3-11,18H,2H2,1H3,(H,19,20)/b13-11+. The fourth-order valence-electron chi connectivity index (χ4n) is 1.99. The monoisotopic (exact) mass is 268 g/mol. The first-order valence-corrected chi connectivity index (χ1v) is 6.43. The second kappa shape index (κ2) is 6.06. The number of phenolic OH excluding ortho intramolecular Hbond substituents is 1. The van der Waals surface area contributed by atoms with Gasteiger partial charge in [0.15, 0.2) is 0 Å². The molecule has 0 radical (unpaired) electrons. The van der Waals surface area contributed by atoms with Gasteiger partial charge in [-0.3, -0.25) is 0 Å². The predicted octanol–water partition coefficient (Wildman–Crippen LogP) is 4.04. The highest BCUT2D eigenvalue weighted by atomic mass is 16.4. The number of hydrogen-bond donors (Lipinski definition) is 2. The number of benzene rings is 2. The first-order valence-electron chi connectivity index (χ1n) is 6.43. The summed E-state index contributed by atoms with van der Waals surface area (Å²) in [5.74, 6) is -0.678. The number of aromatic carboxylic acids is 1. The van der Waals surface area contributed by atoms with Crippen LogP contribution in [-0.4, -0.2) is 16.2 Å². The molecule has 0 aliphatic rings. The third kappa shape index (κ3) is 3.26. The van der Waals surface area contributed by atoms with Crippen molar-refractivity contribution in [2.24, 2.45) is 0 Å². The lowest BCUT2D eigenvalue weighted by molar-refractivity contribution is 0.0697. The number of carbonyl (C=O) groups is 1. The number of allylic oxidation sites excluding steroid dienone is 1. The van der Waals surface area contributed by atoms with E-state index in [1.807, 2.05) is 30.3 Å². The molecule has 0 atom stereocenters. The van der Waals surface area contributed by atoms with E-state index in [2.05, 4.69) is 6.92 Å². The third-order valence-corrected chi connectivity index (χ3v) is 3.12. The zero-order valence-corrected chi connectivity index (χ0v) is 11.2. The molecule has 0 aliphatic heterocycles. The van der Waals surface area contributed by atoms with E-state index in [-0.39, 0.29) is 11.3 Å². The summed E-state index contributed by atoms with van der Waals surface area (Å²) in [6, 6.07) is 13.8. The Kier molecular flexibility index (Phi) is 4.20. The Labute approximate surface area is 117 Å². The summed E-state index contributed by atoms with van der Waals surface area (Å²) in [5, 5.41) is 18.2. The molecular formula is C17H16O3. The molecule has 102 valence electrons. The van der Waals surface area contributed by atoms with Crippen LogP contribution in [0.4, 0.5) is 0 Å². The summed E-state index contributed by atoms with van der Waals surface area (Å²) < 4.78 is 0. The maximum absolute atomic E-state index is 10.8. The van der Waals surface area contributed by atoms with E-state index >= 15 is 0 Å². The molecular weight excluding hydrogens is 252 g/mol. The van der Waals surface area contributed by atoms with Crippen molar-refractivity contribution < 1.29 is 15.0 Å². The summed E-state index contributed by atoms with van der Waals surface area (Å²) in [7, 11) is 0. The van der Waals surface area contributed by atoms with E-state index in [4.69, 9.17) is 5.11 Å². The van der Waals surface area contributed by atoms with Crippen molar-refractivity contribution in [2.75, 3.05) is 0 Å². The van der Waals surface area contributed by atoms with E-state index in [0.717, 1.165) is 23.1 Å². The van der Waals surface area contributed by atoms with Gasteiger partial charge in [0, 0.05) is 0 Å². The topological polar surface area (TPSA) is 57.5 Å². The highest BCUT2D eigenvalue weighted by Gasteiger charge is 2.04. The Morgan fingerprint density at radius 1 is 1.00 bits per heavy atom. The van der Waals surface area contributed by atoms with Crippen LogP contribution in [0, 0.1) is 0 Å². The summed E-state index contributed by atoms with van der Waals surface area (Å²) in [6.45, 7) is 2.05. The lowest BCUT2D eigenvalue weighted by Gasteiger charge is -2.06. The van der Waals surface area contributed by atoms with E-state index < -0.39 is 5.97 Å². The largest absolute Gasteiger partial charge is 0.508 e. The third-order valence-electron chi connectivity index (χ3n) is 3.12. The number of aromatic hydroxyl groups is 1. The van der Waals surface area contributed by atoms with Crippen molar-refractivity contribution in [3.63, 3.8) is 0 Å². The maximum Gasteiger partial charge on any atom is 0.335 e. The van der Waals surface area contributed by atoms with Gasteiger partial charge in [0.2, 0.25) is 0 Å². The molecule has 0 bridgehead atoms. The van der Waals surface area contributed by atoms with Crippen molar-refractivity contribution in [1.29, 1.82) is 0 Å². The fourth-order valence-corrected chi connectivity index (χ4v) is 1.99. The molecule has 0 aliphatic carbocycles. The van der Waals surface area contributed by atoms with Crippen molar-refractivity contribution in [2.45, 2.75) is 13.3 Å². The van der Waals surface area contributed by atoms with Crippen LogP contribution in [0.3, 0.4) is 0 Å². The van der Waals surface area contributed by atoms with Crippen molar-refractivity contribution in [3.05, 3.63) is 65.2 Å². The van der Waals surface area contributed by atoms with Gasteiger partial charge in [-0.2, -0.15) is 0 Å². The maximum atomic E-state index is 10.8. The molecule has 0 spiro atoms. The Balaban J connectivity index is 2.31. The minimum atomic E-state index is -0.919. The Morgan fingerprint density at radius 3 is 2.05 bits per heavy atom. The lowest BCUT2D eigenvalue weighted by Crippen LogP contribution is -1.95. The lowest BCUT2D eigenvalue weighted by atomic mass is 9.99. The van der Waals surface area contributed by atoms with Gasteiger partial charge in [0.1, 0.15) is 5.75 Å². The Morgan fingerprint density at radius 2 is 1.55 bits per heavy atom. The van der Waals surface area contributed by atoms with Crippen LogP contribution in [0.2, 0.25) is 0 Å². The molecule has 2 aromatic rings. The van der Waals surface area contributed by atoms with Gasteiger partial charge in [0.25, 0.3) is 0 Å². The molecule has 0 heterocycles. The number of carboxylic acids is 1. The van der Waals surface area contributed by atoms with Crippen LogP contribution < -0.4 is 0 Å². The van der Waals surface area contributed by atoms with Gasteiger partial charge >= 0.3 is 5.97 Å². The molecule has 0 saturated carbocycles. The summed E-state index contributed by atoms with van der Waals surface area (Å²) in [6.07, 6.45) is 2.88. The summed E-state index contributed by atoms with van der Waals surface area (Å²) in [4.78, 5) is 10.8. The average Bonchev–Trinajstić information content (AvgIpc) is 2.47. The van der Waals surface area contributed by atoms with Gasteiger partial charge in [-0.05, 0) is 47.4 Å². The van der Waals surface area contributed by atoms with E-state index in [9.17, 15) is 9.90 Å². The summed E-state index contributed by atoms with van der Waals surface area (Å²) in [5.41, 5.74) is 3.41. The van der Waals surface area contributed by atoms with Gasteiger partial charge in [-0.25, -0.2) is 4.79 Å². The molecule has 0 aromatic heterocycles. The number of rotatable bonds is 4. The predicted molar refractivity (Wildman–Crippen MR) is 79.7 cm³/mol. The van der Waals surface area contributed by atoms with Gasteiger partial charge < -0.3 is 10.2 Å². The fraction of sp³-hybridized carbons (Fsp3) is 0.118. The summed E-state index contributed by atoms with van der Waals surface area (Å²) >= 11 is 0. The Hall–Kier alpha value is -2.55. The molecule has 3 heteroatoms. The van der Waals surface area contributed by atoms with Crippen molar-refractivity contribution >= 4 is 17.6 Å². The molecule has 2 aromatic carbocycles. The van der Waals surface area contributed by atoms with E-state index in [1.165, 1.54) is 0 Å². The normalized spacial score (nSPS) is 11.3. The van der Waals surface area contributed by atoms with Crippen molar-refractivity contribution in [1.82, 2.24) is 0 Å². The molecule has 0 unspecified atom stereocenters. The minimum absolute atomic E-state index is 0.242. The molecule has 0 amide bonds. The second-order valence-electron chi connectivity index (χ2n) is 4.50. The Bertz CT molecular complexity index is 622. The van der Waals surface area contributed by atoms with Gasteiger partial charge in [0.05, 0.1) is 5.56 Å².